The quantitative estimate of drug-likeness (QED) is 0.837. The molecular weight excluding hydrogens is 352 g/mol. The van der Waals surface area contributed by atoms with Gasteiger partial charge in [-0.25, -0.2) is 0 Å². The molecule has 5 nitrogen and oxygen atoms in total. The molecule has 0 spiro atoms. The third-order valence-electron chi connectivity index (χ3n) is 5.49. The first-order valence-electron chi connectivity index (χ1n) is 9.99. The van der Waals surface area contributed by atoms with E-state index in [2.05, 4.69) is 34.7 Å². The van der Waals surface area contributed by atoms with Crippen molar-refractivity contribution in [1.29, 1.82) is 0 Å². The van der Waals surface area contributed by atoms with E-state index in [4.69, 9.17) is 9.57 Å². The summed E-state index contributed by atoms with van der Waals surface area (Å²) in [6.45, 7) is 2.24. The van der Waals surface area contributed by atoms with Crippen molar-refractivity contribution in [2.75, 3.05) is 19.8 Å². The van der Waals surface area contributed by atoms with E-state index in [0.29, 0.717) is 18.9 Å². The van der Waals surface area contributed by atoms with Gasteiger partial charge in [0.25, 0.3) is 5.91 Å². The molecule has 1 N–H and O–H groups in total. The van der Waals surface area contributed by atoms with Gasteiger partial charge in [-0.15, -0.1) is 0 Å². The van der Waals surface area contributed by atoms with Gasteiger partial charge in [-0.05, 0) is 29.9 Å². The minimum Gasteiger partial charge on any atom is -0.382 e. The molecule has 1 fully saturated rings. The van der Waals surface area contributed by atoms with Gasteiger partial charge in [-0.3, -0.25) is 4.79 Å². The van der Waals surface area contributed by atoms with Gasteiger partial charge in [0.1, 0.15) is 0 Å². The molecule has 4 rings (SSSR count). The molecule has 2 heterocycles. The second-order valence-electron chi connectivity index (χ2n) is 7.44. The lowest BCUT2D eigenvalue weighted by atomic mass is 9.85. The maximum absolute atomic E-state index is 12.6. The molecule has 28 heavy (non-hydrogen) atoms. The van der Waals surface area contributed by atoms with Crippen LogP contribution in [0.3, 0.4) is 0 Å². The SMILES string of the molecule is O=C(NCC1CCOCC1)[C@@H]1CC(C(c2ccccc2)c2ccccc2)=NO1. The molecule has 1 amide bonds. The molecule has 1 atom stereocenters. The topological polar surface area (TPSA) is 59.9 Å². The Labute approximate surface area is 165 Å². The second kappa shape index (κ2) is 9.02. The Balaban J connectivity index is 1.42. The van der Waals surface area contributed by atoms with Crippen molar-refractivity contribution < 1.29 is 14.4 Å². The molecule has 2 aliphatic rings. The molecule has 0 saturated carbocycles. The lowest BCUT2D eigenvalue weighted by molar-refractivity contribution is -0.131. The number of hydrogen-bond acceptors (Lipinski definition) is 4. The van der Waals surface area contributed by atoms with Crippen molar-refractivity contribution in [3.05, 3.63) is 71.8 Å². The highest BCUT2D eigenvalue weighted by molar-refractivity contribution is 5.98. The minimum atomic E-state index is -0.551. The van der Waals surface area contributed by atoms with Crippen LogP contribution in [0.1, 0.15) is 36.3 Å². The fraction of sp³-hybridized carbons (Fsp3) is 0.391. The number of hydrogen-bond donors (Lipinski definition) is 1. The first kappa shape index (κ1) is 18.7. The summed E-state index contributed by atoms with van der Waals surface area (Å²) in [6, 6.07) is 20.5. The van der Waals surface area contributed by atoms with Crippen molar-refractivity contribution in [3.63, 3.8) is 0 Å². The zero-order chi connectivity index (χ0) is 19.2. The van der Waals surface area contributed by atoms with Gasteiger partial charge < -0.3 is 14.9 Å². The molecule has 5 heteroatoms. The summed E-state index contributed by atoms with van der Waals surface area (Å²) in [5.41, 5.74) is 3.20. The number of nitrogens with zero attached hydrogens (tertiary/aromatic N) is 1. The number of carbonyl (C=O) groups is 1. The molecule has 2 aromatic rings. The standard InChI is InChI=1S/C23H26N2O3/c26-23(24-16-17-11-13-27-14-12-17)21-15-20(25-28-21)22(18-7-3-1-4-8-18)19-9-5-2-6-10-19/h1-10,17,21-22H,11-16H2,(H,24,26)/t21-/m0/s1. The number of carbonyl (C=O) groups excluding carboxylic acids is 1. The highest BCUT2D eigenvalue weighted by Gasteiger charge is 2.33. The fourth-order valence-electron chi connectivity index (χ4n) is 3.88. The highest BCUT2D eigenvalue weighted by atomic mass is 16.6. The second-order valence-corrected chi connectivity index (χ2v) is 7.44. The first-order valence-corrected chi connectivity index (χ1v) is 9.99. The van der Waals surface area contributed by atoms with Crippen LogP contribution in [0.2, 0.25) is 0 Å². The van der Waals surface area contributed by atoms with Gasteiger partial charge in [0.15, 0.2) is 0 Å². The summed E-state index contributed by atoms with van der Waals surface area (Å²) in [5, 5.41) is 7.36. The Bertz CT molecular complexity index is 762. The van der Waals surface area contributed by atoms with Crippen LogP contribution in [-0.2, 0) is 14.4 Å². The first-order chi connectivity index (χ1) is 13.8. The van der Waals surface area contributed by atoms with Crippen LogP contribution < -0.4 is 5.32 Å². The minimum absolute atomic E-state index is 0.00399. The maximum Gasteiger partial charge on any atom is 0.264 e. The molecule has 1 saturated heterocycles. The van der Waals surface area contributed by atoms with E-state index < -0.39 is 6.10 Å². The molecule has 0 aromatic heterocycles. The van der Waals surface area contributed by atoms with Crippen LogP contribution in [0.4, 0.5) is 0 Å². The van der Waals surface area contributed by atoms with Crippen LogP contribution >= 0.6 is 0 Å². The molecule has 0 bridgehead atoms. The van der Waals surface area contributed by atoms with E-state index in [9.17, 15) is 4.79 Å². The van der Waals surface area contributed by atoms with Gasteiger partial charge in [-0.2, -0.15) is 0 Å². The number of benzene rings is 2. The van der Waals surface area contributed by atoms with E-state index in [-0.39, 0.29) is 11.8 Å². The summed E-state index contributed by atoms with van der Waals surface area (Å²) in [4.78, 5) is 18.1. The van der Waals surface area contributed by atoms with Crippen LogP contribution in [0, 0.1) is 5.92 Å². The van der Waals surface area contributed by atoms with Gasteiger partial charge >= 0.3 is 0 Å². The Morgan fingerprint density at radius 1 is 1.00 bits per heavy atom. The zero-order valence-electron chi connectivity index (χ0n) is 15.9. The van der Waals surface area contributed by atoms with Crippen LogP contribution in [0.5, 0.6) is 0 Å². The fourth-order valence-corrected chi connectivity index (χ4v) is 3.88. The number of oxime groups is 1. The van der Waals surface area contributed by atoms with Gasteiger partial charge in [0, 0.05) is 26.2 Å². The van der Waals surface area contributed by atoms with E-state index >= 15 is 0 Å². The van der Waals surface area contributed by atoms with Crippen molar-refractivity contribution >= 4 is 11.6 Å². The lowest BCUT2D eigenvalue weighted by Gasteiger charge is -2.22. The lowest BCUT2D eigenvalue weighted by Crippen LogP contribution is -2.39. The number of rotatable bonds is 6. The normalized spacial score (nSPS) is 19.9. The Morgan fingerprint density at radius 2 is 1.61 bits per heavy atom. The molecular formula is C23H26N2O3. The van der Waals surface area contributed by atoms with E-state index in [1.807, 2.05) is 36.4 Å². The maximum atomic E-state index is 12.6. The molecule has 146 valence electrons. The third-order valence-corrected chi connectivity index (χ3v) is 5.49. The van der Waals surface area contributed by atoms with Crippen LogP contribution in [-0.4, -0.2) is 37.5 Å². The van der Waals surface area contributed by atoms with Crippen molar-refractivity contribution in [2.24, 2.45) is 11.1 Å². The van der Waals surface area contributed by atoms with Crippen LogP contribution in [0.25, 0.3) is 0 Å². The van der Waals surface area contributed by atoms with E-state index in [0.717, 1.165) is 42.9 Å². The number of nitrogens with one attached hydrogen (secondary N) is 1. The summed E-state index contributed by atoms with van der Waals surface area (Å²) >= 11 is 0. The molecule has 2 aromatic carbocycles. The highest BCUT2D eigenvalue weighted by Crippen LogP contribution is 2.31. The van der Waals surface area contributed by atoms with Crippen molar-refractivity contribution in [2.45, 2.75) is 31.3 Å². The Morgan fingerprint density at radius 3 is 2.21 bits per heavy atom. The zero-order valence-corrected chi connectivity index (χ0v) is 15.9. The summed E-state index contributed by atoms with van der Waals surface area (Å²) < 4.78 is 5.38. The number of amides is 1. The summed E-state index contributed by atoms with van der Waals surface area (Å²) in [5.74, 6) is 0.404. The summed E-state index contributed by atoms with van der Waals surface area (Å²) in [7, 11) is 0. The largest absolute Gasteiger partial charge is 0.382 e. The van der Waals surface area contributed by atoms with Gasteiger partial charge in [0.05, 0.1) is 11.6 Å². The Kier molecular flexibility index (Phi) is 6.02. The molecule has 0 radical (unpaired) electrons. The molecule has 2 aliphatic heterocycles. The van der Waals surface area contributed by atoms with Crippen molar-refractivity contribution in [1.82, 2.24) is 5.32 Å². The van der Waals surface area contributed by atoms with Gasteiger partial charge in [0.2, 0.25) is 6.10 Å². The predicted molar refractivity (Wildman–Crippen MR) is 108 cm³/mol. The van der Waals surface area contributed by atoms with E-state index in [1.54, 1.807) is 0 Å². The average Bonchev–Trinajstić information content (AvgIpc) is 3.24. The number of ether oxygens (including phenoxy) is 1. The smallest absolute Gasteiger partial charge is 0.264 e. The Hall–Kier alpha value is -2.66. The molecule has 0 unspecified atom stereocenters. The average molecular weight is 378 g/mol. The molecule has 0 aliphatic carbocycles. The summed E-state index contributed by atoms with van der Waals surface area (Å²) in [6.07, 6.45) is 1.95. The monoisotopic (exact) mass is 378 g/mol. The predicted octanol–water partition coefficient (Wildman–Crippen LogP) is 3.51. The van der Waals surface area contributed by atoms with Crippen LogP contribution in [0.15, 0.2) is 65.8 Å². The van der Waals surface area contributed by atoms with Crippen molar-refractivity contribution in [3.8, 4) is 0 Å². The third kappa shape index (κ3) is 4.42. The van der Waals surface area contributed by atoms with E-state index in [1.165, 1.54) is 0 Å². The van der Waals surface area contributed by atoms with Gasteiger partial charge in [-0.1, -0.05) is 65.8 Å².